The second-order valence-electron chi connectivity index (χ2n) is 8.56. The first-order valence-electron chi connectivity index (χ1n) is 10.5. The van der Waals surface area contributed by atoms with Gasteiger partial charge in [0.25, 0.3) is 10.0 Å². The third-order valence-electron chi connectivity index (χ3n) is 5.92. The van der Waals surface area contributed by atoms with Crippen molar-refractivity contribution in [1.82, 2.24) is 4.72 Å². The predicted molar refractivity (Wildman–Crippen MR) is 125 cm³/mol. The lowest BCUT2D eigenvalue weighted by atomic mass is 9.83. The zero-order valence-corrected chi connectivity index (χ0v) is 19.6. The van der Waals surface area contributed by atoms with E-state index in [1.54, 1.807) is 18.2 Å². The molecule has 1 N–H and O–H groups in total. The van der Waals surface area contributed by atoms with Crippen LogP contribution in [0, 0.1) is 0 Å². The fourth-order valence-corrected chi connectivity index (χ4v) is 5.43. The van der Waals surface area contributed by atoms with E-state index in [-0.39, 0.29) is 21.9 Å². The second-order valence-corrected chi connectivity index (χ2v) is 10.2. The minimum Gasteiger partial charge on any atom is -0.456 e. The number of sulfonamides is 1. The van der Waals surface area contributed by atoms with Crippen molar-refractivity contribution in [3.63, 3.8) is 0 Å². The molecule has 0 fully saturated rings. The van der Waals surface area contributed by atoms with Gasteiger partial charge in [-0.3, -0.25) is 14.5 Å². The van der Waals surface area contributed by atoms with Crippen LogP contribution in [0.1, 0.15) is 31.9 Å². The summed E-state index contributed by atoms with van der Waals surface area (Å²) in [5, 5.41) is 0. The van der Waals surface area contributed by atoms with Gasteiger partial charge in [0.1, 0.15) is 11.9 Å². The van der Waals surface area contributed by atoms with E-state index in [1.165, 1.54) is 19.1 Å². The molecule has 0 saturated heterocycles. The van der Waals surface area contributed by atoms with Gasteiger partial charge in [-0.2, -0.15) is 0 Å². The van der Waals surface area contributed by atoms with Crippen molar-refractivity contribution in [2.24, 2.45) is 4.99 Å². The van der Waals surface area contributed by atoms with Crippen LogP contribution >= 0.6 is 0 Å². The number of hydrogen-bond donors (Lipinski definition) is 1. The van der Waals surface area contributed by atoms with Crippen LogP contribution in [0.3, 0.4) is 0 Å². The Bertz CT molecular complexity index is 1310. The summed E-state index contributed by atoms with van der Waals surface area (Å²) in [5.41, 5.74) is 2.99. The third-order valence-corrected chi connectivity index (χ3v) is 7.32. The zero-order chi connectivity index (χ0) is 24.0. The summed E-state index contributed by atoms with van der Waals surface area (Å²) in [6.45, 7) is 5.14. The standard InChI is InChI=1S/C24H25N3O5S/c1-15(25-22-17-9-5-8-12-20(17)33(30,31)26-22)23(29)32-14-16(28)13-21-24(2,3)18-10-6-7-11-19(18)27(21)4/h5-13,15H,14H2,1-4H3,(H,25,26)/b21-13-/t15-/m1/s1. The monoisotopic (exact) mass is 467 g/mol. The number of anilines is 1. The van der Waals surface area contributed by atoms with Crippen molar-refractivity contribution in [2.75, 3.05) is 18.6 Å². The predicted octanol–water partition coefficient (Wildman–Crippen LogP) is 2.54. The van der Waals surface area contributed by atoms with Crippen molar-refractivity contribution in [1.29, 1.82) is 0 Å². The number of rotatable bonds is 5. The average molecular weight is 468 g/mol. The number of carbonyl (C=O) groups is 2. The minimum atomic E-state index is -3.70. The van der Waals surface area contributed by atoms with Gasteiger partial charge < -0.3 is 9.64 Å². The molecule has 0 radical (unpaired) electrons. The van der Waals surface area contributed by atoms with E-state index >= 15 is 0 Å². The summed E-state index contributed by atoms with van der Waals surface area (Å²) in [4.78, 5) is 31.3. The number of amidine groups is 1. The highest BCUT2D eigenvalue weighted by Crippen LogP contribution is 2.46. The summed E-state index contributed by atoms with van der Waals surface area (Å²) < 4.78 is 31.9. The van der Waals surface area contributed by atoms with Gasteiger partial charge in [-0.1, -0.05) is 44.2 Å². The van der Waals surface area contributed by atoms with Crippen LogP contribution in [-0.4, -0.2) is 45.7 Å². The van der Waals surface area contributed by atoms with Crippen LogP contribution < -0.4 is 9.62 Å². The Morgan fingerprint density at radius 1 is 1.15 bits per heavy atom. The van der Waals surface area contributed by atoms with E-state index in [2.05, 4.69) is 9.71 Å². The maximum absolute atomic E-state index is 12.6. The van der Waals surface area contributed by atoms with E-state index < -0.39 is 28.6 Å². The quantitative estimate of drug-likeness (QED) is 0.535. The number of hydrogen-bond acceptors (Lipinski definition) is 7. The van der Waals surface area contributed by atoms with E-state index in [0.717, 1.165) is 16.9 Å². The molecule has 2 aromatic rings. The molecule has 9 heteroatoms. The molecule has 33 heavy (non-hydrogen) atoms. The number of esters is 1. The van der Waals surface area contributed by atoms with E-state index in [4.69, 9.17) is 4.74 Å². The highest BCUT2D eigenvalue weighted by Gasteiger charge is 2.38. The van der Waals surface area contributed by atoms with E-state index in [0.29, 0.717) is 5.56 Å². The lowest BCUT2D eigenvalue weighted by molar-refractivity contribution is -0.147. The molecule has 2 aliphatic rings. The Morgan fingerprint density at radius 3 is 2.55 bits per heavy atom. The van der Waals surface area contributed by atoms with Gasteiger partial charge in [-0.25, -0.2) is 13.2 Å². The number of para-hydroxylation sites is 1. The molecular formula is C24H25N3O5S. The molecule has 2 heterocycles. The van der Waals surface area contributed by atoms with Crippen molar-refractivity contribution in [2.45, 2.75) is 37.1 Å². The smallest absolute Gasteiger partial charge is 0.331 e. The molecule has 2 aromatic carbocycles. The van der Waals surface area contributed by atoms with E-state index in [1.807, 2.05) is 50.1 Å². The maximum atomic E-state index is 12.6. The van der Waals surface area contributed by atoms with E-state index in [9.17, 15) is 18.0 Å². The van der Waals surface area contributed by atoms with Gasteiger partial charge >= 0.3 is 5.97 Å². The Kier molecular flexibility index (Phi) is 5.61. The molecule has 0 unspecified atom stereocenters. The van der Waals surface area contributed by atoms with Gasteiger partial charge in [0.05, 0.1) is 4.90 Å². The number of carbonyl (C=O) groups excluding carboxylic acids is 2. The normalized spacial score (nSPS) is 20.8. The zero-order valence-electron chi connectivity index (χ0n) is 18.8. The van der Waals surface area contributed by atoms with Crippen molar-refractivity contribution in [3.05, 3.63) is 71.4 Å². The Balaban J connectivity index is 1.44. The lowest BCUT2D eigenvalue weighted by Gasteiger charge is -2.23. The molecule has 1 atom stereocenters. The Labute approximate surface area is 193 Å². The van der Waals surface area contributed by atoms with Gasteiger partial charge in [0, 0.05) is 35.5 Å². The molecule has 0 aliphatic carbocycles. The van der Waals surface area contributed by atoms with Crippen molar-refractivity contribution < 1.29 is 22.7 Å². The molecule has 2 aliphatic heterocycles. The molecule has 0 bridgehead atoms. The summed E-state index contributed by atoms with van der Waals surface area (Å²) in [7, 11) is -1.80. The molecule has 172 valence electrons. The number of likely N-dealkylation sites (N-methyl/N-ethyl adjacent to an activating group) is 1. The lowest BCUT2D eigenvalue weighted by Crippen LogP contribution is -2.28. The maximum Gasteiger partial charge on any atom is 0.331 e. The number of benzene rings is 2. The highest BCUT2D eigenvalue weighted by molar-refractivity contribution is 7.90. The molecule has 0 saturated carbocycles. The topological polar surface area (TPSA) is 105 Å². The van der Waals surface area contributed by atoms with Gasteiger partial charge in [0.2, 0.25) is 0 Å². The number of nitrogens with one attached hydrogen (secondary N) is 1. The summed E-state index contributed by atoms with van der Waals surface area (Å²) in [5.74, 6) is -0.992. The molecule has 0 spiro atoms. The summed E-state index contributed by atoms with van der Waals surface area (Å²) in [6, 6.07) is 13.3. The van der Waals surface area contributed by atoms with Crippen LogP contribution in [0.2, 0.25) is 0 Å². The molecule has 0 amide bonds. The van der Waals surface area contributed by atoms with Crippen LogP contribution in [0.4, 0.5) is 5.69 Å². The second kappa shape index (κ2) is 8.15. The largest absolute Gasteiger partial charge is 0.456 e. The summed E-state index contributed by atoms with van der Waals surface area (Å²) in [6.07, 6.45) is 1.51. The molecular weight excluding hydrogens is 442 g/mol. The first kappa shape index (κ1) is 22.7. The highest BCUT2D eigenvalue weighted by atomic mass is 32.2. The number of fused-ring (bicyclic) bond motifs is 2. The third kappa shape index (κ3) is 4.04. The number of ketones is 1. The number of ether oxygens (including phenoxy) is 1. The Morgan fingerprint density at radius 2 is 1.82 bits per heavy atom. The van der Waals surface area contributed by atoms with Crippen LogP contribution in [0.15, 0.2) is 70.2 Å². The van der Waals surface area contributed by atoms with Crippen LogP contribution in [0.5, 0.6) is 0 Å². The summed E-state index contributed by atoms with van der Waals surface area (Å²) >= 11 is 0. The SMILES string of the molecule is C[C@@H](N=C1NS(=O)(=O)c2ccccc21)C(=O)OCC(=O)/C=C1\N(C)c2ccccc2C1(C)C. The van der Waals surface area contributed by atoms with Crippen molar-refractivity contribution >= 4 is 33.3 Å². The number of aliphatic imine (C=N–C) groups is 1. The molecule has 8 nitrogen and oxygen atoms in total. The fourth-order valence-electron chi connectivity index (χ4n) is 4.19. The van der Waals surface area contributed by atoms with Crippen LogP contribution in [-0.2, 0) is 29.8 Å². The first-order chi connectivity index (χ1) is 15.5. The van der Waals surface area contributed by atoms with Gasteiger partial charge in [0.15, 0.2) is 12.4 Å². The van der Waals surface area contributed by atoms with Gasteiger partial charge in [-0.15, -0.1) is 0 Å². The fraction of sp³-hybridized carbons (Fsp3) is 0.292. The number of allylic oxidation sites excluding steroid dienone is 1. The Hall–Kier alpha value is -3.46. The molecule has 0 aromatic heterocycles. The number of nitrogens with zero attached hydrogens (tertiary/aromatic N) is 2. The van der Waals surface area contributed by atoms with Gasteiger partial charge in [-0.05, 0) is 30.7 Å². The van der Waals surface area contributed by atoms with Crippen molar-refractivity contribution in [3.8, 4) is 0 Å². The average Bonchev–Trinajstić information content (AvgIpc) is 3.14. The first-order valence-corrected chi connectivity index (χ1v) is 12.0. The minimum absolute atomic E-state index is 0.0792. The molecule has 4 rings (SSSR count). The van der Waals surface area contributed by atoms with Crippen LogP contribution in [0.25, 0.3) is 0 Å².